The molecule has 0 bridgehead atoms. The van der Waals surface area contributed by atoms with Gasteiger partial charge in [0.2, 0.25) is 11.6 Å². The highest BCUT2D eigenvalue weighted by atomic mass is 19.4. The van der Waals surface area contributed by atoms with Crippen molar-refractivity contribution in [2.24, 2.45) is 5.92 Å². The van der Waals surface area contributed by atoms with E-state index in [1.165, 1.54) is 0 Å². The number of hydrogen-bond donors (Lipinski definition) is 0. The Morgan fingerprint density at radius 3 is 1.47 bits per heavy atom. The van der Waals surface area contributed by atoms with Gasteiger partial charge in [0.05, 0.1) is 5.92 Å². The molecule has 0 amide bonds. The van der Waals surface area contributed by atoms with Gasteiger partial charge in [0.1, 0.15) is 0 Å². The van der Waals surface area contributed by atoms with Crippen LogP contribution in [0.15, 0.2) is 0 Å². The first-order chi connectivity index (χ1) is 8.12. The molecule has 0 aromatic carbocycles. The molecule has 0 N–H and O–H groups in total. The van der Waals surface area contributed by atoms with E-state index in [9.17, 15) is 39.5 Å². The molecule has 0 nitrogen and oxygen atoms in total. The second-order valence-electron chi connectivity index (χ2n) is 4.55. The molecule has 0 spiro atoms. The SMILES string of the molecule is CCC(F)(F)CC(CC(C)(F)C(F)(F)F)C(F)(F)F. The van der Waals surface area contributed by atoms with Crippen LogP contribution in [0.5, 0.6) is 0 Å². The van der Waals surface area contributed by atoms with Crippen LogP contribution in [0.2, 0.25) is 0 Å². The standard InChI is InChI=1S/C10H13F9/c1-3-8(12,13)5-6(9(14,15)16)4-7(2,11)10(17,18)19/h6H,3-5H2,1-2H3. The number of alkyl halides is 9. The molecule has 0 saturated carbocycles. The fourth-order valence-electron chi connectivity index (χ4n) is 1.39. The molecule has 2 unspecified atom stereocenters. The molecule has 0 saturated heterocycles. The van der Waals surface area contributed by atoms with Gasteiger partial charge in [-0.2, -0.15) is 26.3 Å². The maximum Gasteiger partial charge on any atom is 0.422 e. The highest BCUT2D eigenvalue weighted by Crippen LogP contribution is 2.46. The van der Waals surface area contributed by atoms with Gasteiger partial charge < -0.3 is 0 Å². The van der Waals surface area contributed by atoms with Gasteiger partial charge in [-0.1, -0.05) is 6.92 Å². The van der Waals surface area contributed by atoms with Crippen LogP contribution < -0.4 is 0 Å². The molecule has 116 valence electrons. The minimum Gasteiger partial charge on any atom is -0.234 e. The zero-order valence-electron chi connectivity index (χ0n) is 10.1. The molecule has 0 aliphatic carbocycles. The van der Waals surface area contributed by atoms with Gasteiger partial charge in [-0.05, 0) is 6.92 Å². The molecule has 0 fully saturated rings. The van der Waals surface area contributed by atoms with Crippen molar-refractivity contribution in [3.8, 4) is 0 Å². The average Bonchev–Trinajstić information content (AvgIpc) is 2.12. The molecule has 0 aliphatic heterocycles. The fraction of sp³-hybridized carbons (Fsp3) is 1.00. The maximum atomic E-state index is 13.2. The molecular formula is C10H13F9. The Balaban J connectivity index is 5.12. The molecule has 0 rings (SSSR count). The lowest BCUT2D eigenvalue weighted by molar-refractivity contribution is -0.254. The summed E-state index contributed by atoms with van der Waals surface area (Å²) < 4.78 is 113. The van der Waals surface area contributed by atoms with Crippen LogP contribution in [-0.2, 0) is 0 Å². The zero-order chi connectivity index (χ0) is 15.7. The minimum absolute atomic E-state index is 0.0875. The van der Waals surface area contributed by atoms with E-state index in [-0.39, 0.29) is 6.92 Å². The van der Waals surface area contributed by atoms with Crippen molar-refractivity contribution in [3.63, 3.8) is 0 Å². The lowest BCUT2D eigenvalue weighted by Crippen LogP contribution is -2.43. The average molecular weight is 304 g/mol. The van der Waals surface area contributed by atoms with E-state index in [4.69, 9.17) is 0 Å². The number of rotatable bonds is 5. The Morgan fingerprint density at radius 1 is 0.789 bits per heavy atom. The van der Waals surface area contributed by atoms with Gasteiger partial charge in [-0.25, -0.2) is 13.2 Å². The van der Waals surface area contributed by atoms with E-state index in [1.54, 1.807) is 0 Å². The quantitative estimate of drug-likeness (QED) is 0.606. The van der Waals surface area contributed by atoms with E-state index in [0.717, 1.165) is 6.92 Å². The monoisotopic (exact) mass is 304 g/mol. The molecule has 9 heteroatoms. The molecule has 2 atom stereocenters. The highest BCUT2D eigenvalue weighted by Gasteiger charge is 2.57. The molecule has 19 heavy (non-hydrogen) atoms. The summed E-state index contributed by atoms with van der Waals surface area (Å²) in [6.07, 6.45) is -15.8. The Hall–Kier alpha value is -0.630. The second-order valence-corrected chi connectivity index (χ2v) is 4.55. The summed E-state index contributed by atoms with van der Waals surface area (Å²) in [6.45, 7) is 0.807. The summed E-state index contributed by atoms with van der Waals surface area (Å²) in [7, 11) is 0. The third-order valence-corrected chi connectivity index (χ3v) is 2.75. The van der Waals surface area contributed by atoms with Gasteiger partial charge >= 0.3 is 12.4 Å². The second kappa shape index (κ2) is 5.40. The van der Waals surface area contributed by atoms with Crippen molar-refractivity contribution in [2.45, 2.75) is 57.1 Å². The summed E-state index contributed by atoms with van der Waals surface area (Å²) in [4.78, 5) is 0. The lowest BCUT2D eigenvalue weighted by atomic mass is 9.87. The Labute approximate surface area is 104 Å². The summed E-state index contributed by atoms with van der Waals surface area (Å²) in [6, 6.07) is 0. The van der Waals surface area contributed by atoms with Gasteiger partial charge in [0.15, 0.2) is 0 Å². The predicted molar refractivity (Wildman–Crippen MR) is 49.6 cm³/mol. The smallest absolute Gasteiger partial charge is 0.234 e. The van der Waals surface area contributed by atoms with Crippen molar-refractivity contribution in [1.29, 1.82) is 0 Å². The predicted octanol–water partition coefficient (Wildman–Crippen LogP) is 5.28. The van der Waals surface area contributed by atoms with Gasteiger partial charge in [0.25, 0.3) is 0 Å². The summed E-state index contributed by atoms with van der Waals surface area (Å²) >= 11 is 0. The Kier molecular flexibility index (Phi) is 5.22. The third kappa shape index (κ3) is 5.48. The van der Waals surface area contributed by atoms with E-state index in [1.807, 2.05) is 0 Å². The molecule has 0 aromatic rings. The van der Waals surface area contributed by atoms with Gasteiger partial charge in [-0.3, -0.25) is 0 Å². The van der Waals surface area contributed by atoms with Crippen molar-refractivity contribution < 1.29 is 39.5 Å². The van der Waals surface area contributed by atoms with E-state index in [2.05, 4.69) is 0 Å². The molecule has 0 radical (unpaired) electrons. The summed E-state index contributed by atoms with van der Waals surface area (Å²) in [5.41, 5.74) is -4.17. The van der Waals surface area contributed by atoms with E-state index < -0.39 is 49.1 Å². The van der Waals surface area contributed by atoms with Crippen LogP contribution in [0.1, 0.15) is 33.1 Å². The topological polar surface area (TPSA) is 0 Å². The summed E-state index contributed by atoms with van der Waals surface area (Å²) in [5, 5.41) is 0. The Bertz CT molecular complexity index is 286. The number of hydrogen-bond acceptors (Lipinski definition) is 0. The van der Waals surface area contributed by atoms with Crippen LogP contribution in [0, 0.1) is 5.92 Å². The van der Waals surface area contributed by atoms with Crippen molar-refractivity contribution in [3.05, 3.63) is 0 Å². The van der Waals surface area contributed by atoms with Crippen molar-refractivity contribution in [1.82, 2.24) is 0 Å². The number of halogens is 9. The van der Waals surface area contributed by atoms with Gasteiger partial charge in [-0.15, -0.1) is 0 Å². The summed E-state index contributed by atoms with van der Waals surface area (Å²) in [5.74, 6) is -6.85. The largest absolute Gasteiger partial charge is 0.422 e. The lowest BCUT2D eigenvalue weighted by Gasteiger charge is -2.31. The van der Waals surface area contributed by atoms with Crippen LogP contribution in [0.4, 0.5) is 39.5 Å². The molecule has 0 heterocycles. The Morgan fingerprint density at radius 2 is 1.21 bits per heavy atom. The first-order valence-corrected chi connectivity index (χ1v) is 5.32. The van der Waals surface area contributed by atoms with Gasteiger partial charge in [0, 0.05) is 19.3 Å². The zero-order valence-corrected chi connectivity index (χ0v) is 10.1. The van der Waals surface area contributed by atoms with E-state index in [0.29, 0.717) is 0 Å². The highest BCUT2D eigenvalue weighted by molar-refractivity contribution is 4.89. The van der Waals surface area contributed by atoms with Crippen LogP contribution in [-0.4, -0.2) is 23.9 Å². The van der Waals surface area contributed by atoms with E-state index >= 15 is 0 Å². The van der Waals surface area contributed by atoms with Crippen LogP contribution in [0.25, 0.3) is 0 Å². The van der Waals surface area contributed by atoms with Crippen LogP contribution in [0.3, 0.4) is 0 Å². The normalized spacial score (nSPS) is 19.1. The molecule has 0 aromatic heterocycles. The van der Waals surface area contributed by atoms with Crippen molar-refractivity contribution >= 4 is 0 Å². The first kappa shape index (κ1) is 18.4. The van der Waals surface area contributed by atoms with Crippen molar-refractivity contribution in [2.75, 3.05) is 0 Å². The molecular weight excluding hydrogens is 291 g/mol. The first-order valence-electron chi connectivity index (χ1n) is 5.32. The van der Waals surface area contributed by atoms with Crippen LogP contribution >= 0.6 is 0 Å². The fourth-order valence-corrected chi connectivity index (χ4v) is 1.39. The molecule has 0 aliphatic rings. The maximum absolute atomic E-state index is 13.2. The minimum atomic E-state index is -5.54. The third-order valence-electron chi connectivity index (χ3n) is 2.75.